The molecule has 0 saturated heterocycles. The maximum atomic E-state index is 6.02. The Morgan fingerprint density at radius 1 is 1.17 bits per heavy atom. The van der Waals surface area contributed by atoms with Crippen molar-refractivity contribution in [3.8, 4) is 0 Å². The summed E-state index contributed by atoms with van der Waals surface area (Å²) in [5.74, 6) is 0.477. The molecule has 4 heteroatoms. The average molecular weight is 332 g/mol. The van der Waals surface area contributed by atoms with Gasteiger partial charge in [0, 0.05) is 24.3 Å². The van der Waals surface area contributed by atoms with Gasteiger partial charge in [0.15, 0.2) is 0 Å². The molecule has 0 radical (unpaired) electrons. The highest BCUT2D eigenvalue weighted by atomic mass is 35.5. The van der Waals surface area contributed by atoms with Gasteiger partial charge in [-0.05, 0) is 62.3 Å². The molecule has 1 heterocycles. The summed E-state index contributed by atoms with van der Waals surface area (Å²) in [6.45, 7) is 6.10. The molecular formula is C19H26ClN3. The Labute approximate surface area is 144 Å². The minimum Gasteiger partial charge on any atom is -0.311 e. The van der Waals surface area contributed by atoms with E-state index in [0.717, 1.165) is 43.3 Å². The van der Waals surface area contributed by atoms with Crippen LogP contribution in [0.2, 0.25) is 5.02 Å². The van der Waals surface area contributed by atoms with Crippen molar-refractivity contribution in [1.82, 2.24) is 15.2 Å². The smallest absolute Gasteiger partial charge is 0.0541 e. The lowest BCUT2D eigenvalue weighted by Crippen LogP contribution is -2.26. The molecule has 1 N–H and O–H groups in total. The van der Waals surface area contributed by atoms with Gasteiger partial charge in [-0.25, -0.2) is 0 Å². The maximum absolute atomic E-state index is 6.02. The van der Waals surface area contributed by atoms with E-state index in [9.17, 15) is 0 Å². The number of nitrogens with one attached hydrogen (secondary N) is 1. The van der Waals surface area contributed by atoms with Gasteiger partial charge >= 0.3 is 0 Å². The minimum atomic E-state index is 0.477. The summed E-state index contributed by atoms with van der Waals surface area (Å²) in [7, 11) is 2.17. The van der Waals surface area contributed by atoms with Crippen LogP contribution in [0.15, 0.2) is 48.7 Å². The van der Waals surface area contributed by atoms with Crippen molar-refractivity contribution in [2.45, 2.75) is 25.8 Å². The predicted octanol–water partition coefficient (Wildman–Crippen LogP) is 3.95. The molecule has 1 atom stereocenters. The van der Waals surface area contributed by atoms with Crippen LogP contribution < -0.4 is 5.32 Å². The third-order valence-corrected chi connectivity index (χ3v) is 4.42. The molecule has 0 spiro atoms. The molecule has 0 saturated carbocycles. The Morgan fingerprint density at radius 2 is 1.96 bits per heavy atom. The van der Waals surface area contributed by atoms with Crippen LogP contribution >= 0.6 is 11.6 Å². The summed E-state index contributed by atoms with van der Waals surface area (Å²) in [6.07, 6.45) is 2.96. The van der Waals surface area contributed by atoms with Crippen molar-refractivity contribution in [1.29, 1.82) is 0 Å². The van der Waals surface area contributed by atoms with E-state index in [2.05, 4.69) is 47.4 Å². The van der Waals surface area contributed by atoms with Gasteiger partial charge in [0.1, 0.15) is 0 Å². The third-order valence-electron chi connectivity index (χ3n) is 4.16. The van der Waals surface area contributed by atoms with Crippen LogP contribution in [-0.4, -0.2) is 36.6 Å². The number of aromatic nitrogens is 1. The van der Waals surface area contributed by atoms with Crippen LogP contribution in [0.1, 0.15) is 30.5 Å². The van der Waals surface area contributed by atoms with Crippen molar-refractivity contribution in [2.24, 2.45) is 0 Å². The van der Waals surface area contributed by atoms with Crippen LogP contribution in [0.3, 0.4) is 0 Å². The summed E-state index contributed by atoms with van der Waals surface area (Å²) < 4.78 is 0. The van der Waals surface area contributed by atoms with Gasteiger partial charge in [-0.2, -0.15) is 0 Å². The number of pyridine rings is 1. The van der Waals surface area contributed by atoms with Gasteiger partial charge in [-0.15, -0.1) is 0 Å². The van der Waals surface area contributed by atoms with E-state index in [1.165, 1.54) is 5.56 Å². The van der Waals surface area contributed by atoms with E-state index in [-0.39, 0.29) is 0 Å². The number of rotatable bonds is 9. The molecule has 0 bridgehead atoms. The normalized spacial score (nSPS) is 12.5. The van der Waals surface area contributed by atoms with Crippen molar-refractivity contribution < 1.29 is 0 Å². The van der Waals surface area contributed by atoms with E-state index in [0.29, 0.717) is 5.92 Å². The fourth-order valence-electron chi connectivity index (χ4n) is 2.53. The molecule has 3 nitrogen and oxygen atoms in total. The van der Waals surface area contributed by atoms with E-state index in [4.69, 9.17) is 11.6 Å². The van der Waals surface area contributed by atoms with Gasteiger partial charge in [0.05, 0.1) is 5.69 Å². The zero-order chi connectivity index (χ0) is 16.5. The highest BCUT2D eigenvalue weighted by Gasteiger charge is 2.12. The fraction of sp³-hybridized carbons (Fsp3) is 0.421. The second kappa shape index (κ2) is 9.66. The molecule has 2 rings (SSSR count). The first kappa shape index (κ1) is 17.9. The molecule has 0 amide bonds. The van der Waals surface area contributed by atoms with Gasteiger partial charge in [-0.1, -0.05) is 36.7 Å². The van der Waals surface area contributed by atoms with Crippen molar-refractivity contribution in [3.63, 3.8) is 0 Å². The lowest BCUT2D eigenvalue weighted by Gasteiger charge is -2.22. The Kier molecular flexibility index (Phi) is 7.53. The number of halogens is 1. The van der Waals surface area contributed by atoms with Crippen LogP contribution in [0.4, 0.5) is 0 Å². The Morgan fingerprint density at radius 3 is 2.61 bits per heavy atom. The van der Waals surface area contributed by atoms with Crippen LogP contribution in [-0.2, 0) is 6.54 Å². The van der Waals surface area contributed by atoms with Crippen molar-refractivity contribution >= 4 is 11.6 Å². The number of nitrogens with zero attached hydrogens (tertiary/aromatic N) is 2. The standard InChI is InChI=1S/C19H26ClN3/c1-3-23(2)13-11-17(16-7-9-18(20)10-8-16)14-21-15-19-6-4-5-12-22-19/h4-10,12,17,21H,3,11,13-15H2,1-2H3. The third kappa shape index (κ3) is 6.30. The van der Waals surface area contributed by atoms with Gasteiger partial charge in [0.25, 0.3) is 0 Å². The number of hydrogen-bond acceptors (Lipinski definition) is 3. The number of hydrogen-bond donors (Lipinski definition) is 1. The SMILES string of the molecule is CCN(C)CCC(CNCc1ccccn1)c1ccc(Cl)cc1. The molecule has 2 aromatic rings. The second-order valence-electron chi connectivity index (χ2n) is 5.89. The molecular weight excluding hydrogens is 306 g/mol. The monoisotopic (exact) mass is 331 g/mol. The predicted molar refractivity (Wildman–Crippen MR) is 97.9 cm³/mol. The first-order valence-corrected chi connectivity index (χ1v) is 8.61. The summed E-state index contributed by atoms with van der Waals surface area (Å²) in [5.41, 5.74) is 2.42. The molecule has 1 aromatic carbocycles. The summed E-state index contributed by atoms with van der Waals surface area (Å²) >= 11 is 6.02. The van der Waals surface area contributed by atoms with Crippen LogP contribution in [0.5, 0.6) is 0 Å². The van der Waals surface area contributed by atoms with Crippen molar-refractivity contribution in [2.75, 3.05) is 26.7 Å². The molecule has 124 valence electrons. The largest absolute Gasteiger partial charge is 0.311 e. The second-order valence-corrected chi connectivity index (χ2v) is 6.32. The Bertz CT molecular complexity index is 557. The summed E-state index contributed by atoms with van der Waals surface area (Å²) in [4.78, 5) is 6.71. The molecule has 0 aliphatic carbocycles. The Hall–Kier alpha value is -1.42. The van der Waals surface area contributed by atoms with Crippen molar-refractivity contribution in [3.05, 3.63) is 64.9 Å². The average Bonchev–Trinajstić information content (AvgIpc) is 2.59. The molecule has 0 aliphatic heterocycles. The summed E-state index contributed by atoms with van der Waals surface area (Å²) in [6, 6.07) is 14.3. The molecule has 1 unspecified atom stereocenters. The van der Waals surface area contributed by atoms with Gasteiger partial charge in [-0.3, -0.25) is 4.98 Å². The molecule has 0 fully saturated rings. The van der Waals surface area contributed by atoms with Crippen LogP contribution in [0.25, 0.3) is 0 Å². The summed E-state index contributed by atoms with van der Waals surface area (Å²) in [5, 5.41) is 4.33. The lowest BCUT2D eigenvalue weighted by atomic mass is 9.95. The van der Waals surface area contributed by atoms with E-state index >= 15 is 0 Å². The van der Waals surface area contributed by atoms with Crippen LogP contribution in [0, 0.1) is 0 Å². The first-order valence-electron chi connectivity index (χ1n) is 8.23. The molecule has 23 heavy (non-hydrogen) atoms. The highest BCUT2D eigenvalue weighted by molar-refractivity contribution is 6.30. The van der Waals surface area contributed by atoms with E-state index < -0.39 is 0 Å². The zero-order valence-corrected chi connectivity index (χ0v) is 14.8. The minimum absolute atomic E-state index is 0.477. The topological polar surface area (TPSA) is 28.2 Å². The van der Waals surface area contributed by atoms with E-state index in [1.54, 1.807) is 0 Å². The lowest BCUT2D eigenvalue weighted by molar-refractivity contribution is 0.331. The fourth-order valence-corrected chi connectivity index (χ4v) is 2.66. The maximum Gasteiger partial charge on any atom is 0.0541 e. The van der Waals surface area contributed by atoms with Gasteiger partial charge in [0.2, 0.25) is 0 Å². The quantitative estimate of drug-likeness (QED) is 0.754. The van der Waals surface area contributed by atoms with Gasteiger partial charge < -0.3 is 10.2 Å². The molecule has 0 aliphatic rings. The van der Waals surface area contributed by atoms with E-state index in [1.807, 2.05) is 30.5 Å². The molecule has 1 aromatic heterocycles. The highest BCUT2D eigenvalue weighted by Crippen LogP contribution is 2.21. The number of benzene rings is 1. The zero-order valence-electron chi connectivity index (χ0n) is 14.0. The first-order chi connectivity index (χ1) is 11.2. The Balaban J connectivity index is 1.93.